The Hall–Kier alpha value is -3.39. The van der Waals surface area contributed by atoms with E-state index in [1.54, 1.807) is 30.3 Å². The number of ketones is 1. The number of hydrogen-bond donors (Lipinski definition) is 1. The number of esters is 1. The Labute approximate surface area is 190 Å². The van der Waals surface area contributed by atoms with E-state index >= 15 is 0 Å². The third kappa shape index (κ3) is 3.45. The van der Waals surface area contributed by atoms with E-state index in [2.05, 4.69) is 5.32 Å². The van der Waals surface area contributed by atoms with Gasteiger partial charge in [0.15, 0.2) is 5.78 Å². The van der Waals surface area contributed by atoms with Gasteiger partial charge in [-0.15, -0.1) is 0 Å². The van der Waals surface area contributed by atoms with Gasteiger partial charge in [0.05, 0.1) is 24.6 Å². The number of benzene rings is 2. The first-order valence-electron chi connectivity index (χ1n) is 10.9. The van der Waals surface area contributed by atoms with Gasteiger partial charge >= 0.3 is 5.97 Å². The topological polar surface area (TPSA) is 92.8 Å². The number of imide groups is 1. The van der Waals surface area contributed by atoms with Crippen LogP contribution in [0.4, 0.5) is 10.1 Å². The lowest BCUT2D eigenvalue weighted by Gasteiger charge is -2.32. The van der Waals surface area contributed by atoms with E-state index in [9.17, 15) is 23.6 Å². The lowest BCUT2D eigenvalue weighted by molar-refractivity contribution is -0.152. The van der Waals surface area contributed by atoms with Crippen LogP contribution in [-0.4, -0.2) is 36.2 Å². The minimum absolute atomic E-state index is 0.204. The van der Waals surface area contributed by atoms with Crippen molar-refractivity contribution < 1.29 is 28.3 Å². The molecule has 1 N–H and O–H groups in total. The molecule has 2 aromatic rings. The molecule has 172 valence electrons. The molecule has 0 spiro atoms. The van der Waals surface area contributed by atoms with Crippen molar-refractivity contribution in [1.82, 2.24) is 5.32 Å². The Kier molecular flexibility index (Phi) is 5.88. The summed E-state index contributed by atoms with van der Waals surface area (Å²) < 4.78 is 19.9. The van der Waals surface area contributed by atoms with Crippen LogP contribution in [0.2, 0.25) is 0 Å². The van der Waals surface area contributed by atoms with Crippen molar-refractivity contribution in [1.29, 1.82) is 0 Å². The molecule has 2 fully saturated rings. The molecule has 0 saturated carbocycles. The molecular formula is C25H25FN2O5. The smallest absolute Gasteiger partial charge is 0.326 e. The highest BCUT2D eigenvalue weighted by Crippen LogP contribution is 2.52. The summed E-state index contributed by atoms with van der Waals surface area (Å²) >= 11 is 0. The first-order valence-corrected chi connectivity index (χ1v) is 10.9. The Bertz CT molecular complexity index is 1150. The molecule has 2 heterocycles. The van der Waals surface area contributed by atoms with Crippen LogP contribution in [0.3, 0.4) is 0 Å². The average molecular weight is 452 g/mol. The summed E-state index contributed by atoms with van der Waals surface area (Å²) in [5.41, 5.74) is -0.688. The number of anilines is 1. The minimum atomic E-state index is -1.49. The number of nitrogens with zero attached hydrogens (tertiary/aromatic N) is 1. The van der Waals surface area contributed by atoms with E-state index in [1.165, 1.54) is 32.2 Å². The van der Waals surface area contributed by atoms with Gasteiger partial charge in [-0.25, -0.2) is 9.29 Å². The molecule has 0 aromatic heterocycles. The molecule has 8 heteroatoms. The minimum Gasteiger partial charge on any atom is -0.468 e. The zero-order chi connectivity index (χ0) is 23.9. The number of nitrogens with one attached hydrogen (secondary N) is 1. The SMILES string of the molecule is CCC[C@]1(C(=O)OC)N[C@H](c2ccccc2F)[C@H]2C(=O)N(c3cccc(C(C)=O)c3)C(=O)[C@H]21. The van der Waals surface area contributed by atoms with Crippen LogP contribution in [0.15, 0.2) is 48.5 Å². The second kappa shape index (κ2) is 8.51. The number of carbonyl (C=O) groups is 4. The predicted octanol–water partition coefficient (Wildman–Crippen LogP) is 3.19. The number of amides is 2. The molecule has 2 aromatic carbocycles. The first kappa shape index (κ1) is 22.8. The Morgan fingerprint density at radius 3 is 2.48 bits per heavy atom. The summed E-state index contributed by atoms with van der Waals surface area (Å²) in [6.07, 6.45) is 0.753. The number of ether oxygens (including phenoxy) is 1. The van der Waals surface area contributed by atoms with Crippen molar-refractivity contribution in [3.05, 3.63) is 65.5 Å². The second-order valence-corrected chi connectivity index (χ2v) is 8.48. The molecule has 2 amide bonds. The highest BCUT2D eigenvalue weighted by Gasteiger charge is 2.68. The first-order chi connectivity index (χ1) is 15.8. The number of hydrogen-bond acceptors (Lipinski definition) is 6. The largest absolute Gasteiger partial charge is 0.468 e. The zero-order valence-corrected chi connectivity index (χ0v) is 18.6. The molecular weight excluding hydrogens is 427 g/mol. The molecule has 0 bridgehead atoms. The Balaban J connectivity index is 1.88. The monoisotopic (exact) mass is 452 g/mol. The number of fused-ring (bicyclic) bond motifs is 1. The normalized spacial score (nSPS) is 26.4. The lowest BCUT2D eigenvalue weighted by Crippen LogP contribution is -2.56. The molecule has 2 aliphatic heterocycles. The highest BCUT2D eigenvalue weighted by atomic mass is 19.1. The van der Waals surface area contributed by atoms with Crippen molar-refractivity contribution in [2.24, 2.45) is 11.8 Å². The van der Waals surface area contributed by atoms with Gasteiger partial charge in [0.1, 0.15) is 11.4 Å². The van der Waals surface area contributed by atoms with Crippen LogP contribution in [0.5, 0.6) is 0 Å². The number of halogens is 1. The average Bonchev–Trinajstić information content (AvgIpc) is 3.28. The molecule has 33 heavy (non-hydrogen) atoms. The van der Waals surface area contributed by atoms with Gasteiger partial charge in [0.2, 0.25) is 11.8 Å². The molecule has 0 radical (unpaired) electrons. The third-order valence-electron chi connectivity index (χ3n) is 6.60. The Morgan fingerprint density at radius 1 is 1.12 bits per heavy atom. The zero-order valence-electron chi connectivity index (χ0n) is 18.6. The highest BCUT2D eigenvalue weighted by molar-refractivity contribution is 6.24. The molecule has 2 saturated heterocycles. The quantitative estimate of drug-likeness (QED) is 0.411. The standard InChI is InChI=1S/C25H25FN2O5/c1-4-12-25(24(32)33-3)20-19(21(27-25)17-10-5-6-11-18(17)26)22(30)28(23(20)31)16-9-7-8-15(13-16)14(2)29/h5-11,13,19-21,27H,4,12H2,1-3H3/t19-,20-,21+,25-/m0/s1. The van der Waals surface area contributed by atoms with E-state index in [4.69, 9.17) is 4.74 Å². The van der Waals surface area contributed by atoms with Gasteiger partial charge in [-0.1, -0.05) is 43.7 Å². The van der Waals surface area contributed by atoms with Crippen LogP contribution in [0, 0.1) is 17.7 Å². The molecule has 4 atom stereocenters. The van der Waals surface area contributed by atoms with E-state index in [0.29, 0.717) is 12.0 Å². The van der Waals surface area contributed by atoms with E-state index < -0.39 is 47.0 Å². The maximum atomic E-state index is 14.8. The van der Waals surface area contributed by atoms with Gasteiger partial charge in [-0.3, -0.25) is 24.5 Å². The lowest BCUT2D eigenvalue weighted by atomic mass is 9.77. The van der Waals surface area contributed by atoms with Gasteiger partial charge in [0.25, 0.3) is 0 Å². The fourth-order valence-electron chi connectivity index (χ4n) is 5.21. The Morgan fingerprint density at radius 2 is 1.85 bits per heavy atom. The van der Waals surface area contributed by atoms with Crippen LogP contribution in [0.25, 0.3) is 0 Å². The van der Waals surface area contributed by atoms with E-state index in [1.807, 2.05) is 6.92 Å². The molecule has 4 rings (SSSR count). The van der Waals surface area contributed by atoms with Gasteiger partial charge in [-0.05, 0) is 31.5 Å². The summed E-state index contributed by atoms with van der Waals surface area (Å²) in [5.74, 6) is -4.63. The van der Waals surface area contributed by atoms with Crippen molar-refractivity contribution in [3.63, 3.8) is 0 Å². The number of rotatable bonds is 6. The maximum absolute atomic E-state index is 14.8. The number of Topliss-reactive ketones (excluding diaryl/α,β-unsaturated/α-hetero) is 1. The summed E-state index contributed by atoms with van der Waals surface area (Å²) in [5, 5.41) is 3.14. The van der Waals surface area contributed by atoms with Crippen LogP contribution in [-0.2, 0) is 19.1 Å². The number of carbonyl (C=O) groups excluding carboxylic acids is 4. The van der Waals surface area contributed by atoms with E-state index in [0.717, 1.165) is 4.90 Å². The predicted molar refractivity (Wildman–Crippen MR) is 118 cm³/mol. The van der Waals surface area contributed by atoms with Gasteiger partial charge in [0, 0.05) is 17.2 Å². The van der Waals surface area contributed by atoms with Crippen molar-refractivity contribution >= 4 is 29.3 Å². The third-order valence-corrected chi connectivity index (χ3v) is 6.60. The maximum Gasteiger partial charge on any atom is 0.326 e. The fraction of sp³-hybridized carbons (Fsp3) is 0.360. The molecule has 0 unspecified atom stereocenters. The van der Waals surface area contributed by atoms with Crippen LogP contribution >= 0.6 is 0 Å². The van der Waals surface area contributed by atoms with Crippen molar-refractivity contribution in [2.45, 2.75) is 38.3 Å². The number of methoxy groups -OCH3 is 1. The summed E-state index contributed by atoms with van der Waals surface area (Å²) in [6.45, 7) is 3.25. The summed E-state index contributed by atoms with van der Waals surface area (Å²) in [6, 6.07) is 11.3. The second-order valence-electron chi connectivity index (χ2n) is 8.48. The molecule has 0 aliphatic carbocycles. The van der Waals surface area contributed by atoms with Crippen molar-refractivity contribution in [2.75, 3.05) is 12.0 Å². The molecule has 7 nitrogen and oxygen atoms in total. The van der Waals surface area contributed by atoms with Crippen molar-refractivity contribution in [3.8, 4) is 0 Å². The van der Waals surface area contributed by atoms with Gasteiger partial charge in [-0.2, -0.15) is 0 Å². The van der Waals surface area contributed by atoms with Gasteiger partial charge < -0.3 is 4.74 Å². The fourth-order valence-corrected chi connectivity index (χ4v) is 5.21. The molecule has 2 aliphatic rings. The van der Waals surface area contributed by atoms with Crippen LogP contribution < -0.4 is 10.2 Å². The van der Waals surface area contributed by atoms with E-state index in [-0.39, 0.29) is 23.5 Å². The summed E-state index contributed by atoms with van der Waals surface area (Å²) in [7, 11) is 1.22. The summed E-state index contributed by atoms with van der Waals surface area (Å²) in [4.78, 5) is 53.4. The van der Waals surface area contributed by atoms with Crippen LogP contribution in [0.1, 0.15) is 48.7 Å².